The quantitative estimate of drug-likeness (QED) is 0.737. The Morgan fingerprint density at radius 2 is 2.27 bits per heavy atom. The van der Waals surface area contributed by atoms with E-state index in [1.165, 1.54) is 13.2 Å². The largest absolute Gasteiger partial charge is 0.476 e. The Morgan fingerprint density at radius 1 is 1.53 bits per heavy atom. The lowest BCUT2D eigenvalue weighted by Crippen LogP contribution is -2.09. The van der Waals surface area contributed by atoms with E-state index in [4.69, 9.17) is 16.3 Å². The SMILES string of the molecule is CCCOc1nnc(Cl)cc1C(=O)OC. The fraction of sp³-hybridized carbons (Fsp3) is 0.444. The molecule has 0 aliphatic rings. The fourth-order valence-corrected chi connectivity index (χ4v) is 1.07. The van der Waals surface area contributed by atoms with Crippen LogP contribution in [0, 0.1) is 0 Å². The second-order valence-corrected chi connectivity index (χ2v) is 3.11. The number of carbonyl (C=O) groups excluding carboxylic acids is 1. The van der Waals surface area contributed by atoms with E-state index >= 15 is 0 Å². The smallest absolute Gasteiger partial charge is 0.343 e. The molecule has 15 heavy (non-hydrogen) atoms. The van der Waals surface area contributed by atoms with Gasteiger partial charge >= 0.3 is 5.97 Å². The lowest BCUT2D eigenvalue weighted by atomic mass is 10.3. The Labute approximate surface area is 92.4 Å². The van der Waals surface area contributed by atoms with Crippen molar-refractivity contribution in [2.45, 2.75) is 13.3 Å². The van der Waals surface area contributed by atoms with Crippen molar-refractivity contribution in [1.29, 1.82) is 0 Å². The molecule has 5 nitrogen and oxygen atoms in total. The second-order valence-electron chi connectivity index (χ2n) is 2.73. The molecule has 1 rings (SSSR count). The summed E-state index contributed by atoms with van der Waals surface area (Å²) in [6.45, 7) is 2.40. The lowest BCUT2D eigenvalue weighted by molar-refractivity contribution is 0.0594. The van der Waals surface area contributed by atoms with Crippen LogP contribution in [0.1, 0.15) is 23.7 Å². The van der Waals surface area contributed by atoms with Gasteiger partial charge in [0.2, 0.25) is 5.88 Å². The molecule has 0 spiro atoms. The number of esters is 1. The molecular weight excluding hydrogens is 220 g/mol. The highest BCUT2D eigenvalue weighted by Gasteiger charge is 2.16. The van der Waals surface area contributed by atoms with Crippen molar-refractivity contribution in [3.05, 3.63) is 16.8 Å². The van der Waals surface area contributed by atoms with E-state index in [1.54, 1.807) is 0 Å². The number of aromatic nitrogens is 2. The van der Waals surface area contributed by atoms with Gasteiger partial charge in [-0.15, -0.1) is 10.2 Å². The summed E-state index contributed by atoms with van der Waals surface area (Å²) in [7, 11) is 1.28. The second kappa shape index (κ2) is 5.50. The van der Waals surface area contributed by atoms with Gasteiger partial charge in [-0.1, -0.05) is 18.5 Å². The van der Waals surface area contributed by atoms with Crippen LogP contribution in [0.3, 0.4) is 0 Å². The van der Waals surface area contributed by atoms with Gasteiger partial charge in [-0.2, -0.15) is 0 Å². The summed E-state index contributed by atoms with van der Waals surface area (Å²) in [6.07, 6.45) is 0.810. The van der Waals surface area contributed by atoms with Gasteiger partial charge in [-0.25, -0.2) is 4.79 Å². The summed E-state index contributed by atoms with van der Waals surface area (Å²) >= 11 is 5.61. The Morgan fingerprint density at radius 3 is 2.87 bits per heavy atom. The standard InChI is InChI=1S/C9H11ClN2O3/c1-3-4-15-8-6(9(13)14-2)5-7(10)11-12-8/h5H,3-4H2,1-2H3. The van der Waals surface area contributed by atoms with E-state index in [0.29, 0.717) is 6.61 Å². The normalized spacial score (nSPS) is 9.80. The number of hydrogen-bond acceptors (Lipinski definition) is 5. The Kier molecular flexibility index (Phi) is 4.30. The third-order valence-corrected chi connectivity index (χ3v) is 1.76. The summed E-state index contributed by atoms with van der Waals surface area (Å²) < 4.78 is 9.80. The molecule has 0 aliphatic carbocycles. The van der Waals surface area contributed by atoms with E-state index in [9.17, 15) is 4.79 Å². The Balaban J connectivity index is 2.97. The number of carbonyl (C=O) groups is 1. The number of halogens is 1. The topological polar surface area (TPSA) is 61.3 Å². The highest BCUT2D eigenvalue weighted by molar-refractivity contribution is 6.29. The third kappa shape index (κ3) is 3.06. The minimum Gasteiger partial charge on any atom is -0.476 e. The summed E-state index contributed by atoms with van der Waals surface area (Å²) in [5.74, 6) is -0.397. The van der Waals surface area contributed by atoms with Gasteiger partial charge in [0.25, 0.3) is 0 Å². The Hall–Kier alpha value is -1.36. The van der Waals surface area contributed by atoms with Gasteiger partial charge in [-0.05, 0) is 12.5 Å². The van der Waals surface area contributed by atoms with E-state index in [2.05, 4.69) is 14.9 Å². The maximum atomic E-state index is 11.3. The molecule has 0 radical (unpaired) electrons. The number of hydrogen-bond donors (Lipinski definition) is 0. The molecule has 0 N–H and O–H groups in total. The maximum Gasteiger partial charge on any atom is 0.343 e. The zero-order valence-electron chi connectivity index (χ0n) is 8.49. The summed E-state index contributed by atoms with van der Waals surface area (Å²) in [4.78, 5) is 11.3. The van der Waals surface area contributed by atoms with Crippen LogP contribution >= 0.6 is 11.6 Å². The van der Waals surface area contributed by atoms with Crippen LogP contribution in [0.25, 0.3) is 0 Å². The van der Waals surface area contributed by atoms with Crippen molar-refractivity contribution in [3.63, 3.8) is 0 Å². The van der Waals surface area contributed by atoms with Crippen molar-refractivity contribution >= 4 is 17.6 Å². The first-order valence-electron chi connectivity index (χ1n) is 4.43. The van der Waals surface area contributed by atoms with Gasteiger partial charge in [0, 0.05) is 0 Å². The fourth-order valence-electron chi connectivity index (χ4n) is 0.918. The molecular formula is C9H11ClN2O3. The third-order valence-electron chi connectivity index (χ3n) is 1.58. The molecule has 0 saturated carbocycles. The molecule has 0 unspecified atom stereocenters. The van der Waals surface area contributed by atoms with Gasteiger partial charge in [0.1, 0.15) is 5.56 Å². The van der Waals surface area contributed by atoms with Crippen LogP contribution < -0.4 is 4.74 Å². The molecule has 1 heterocycles. The van der Waals surface area contributed by atoms with E-state index in [-0.39, 0.29) is 16.6 Å². The average molecular weight is 231 g/mol. The molecule has 0 fully saturated rings. The predicted molar refractivity (Wildman–Crippen MR) is 54.2 cm³/mol. The first-order valence-corrected chi connectivity index (χ1v) is 4.81. The molecule has 6 heteroatoms. The summed E-state index contributed by atoms with van der Waals surface area (Å²) in [6, 6.07) is 1.37. The summed E-state index contributed by atoms with van der Waals surface area (Å²) in [5.41, 5.74) is 0.186. The van der Waals surface area contributed by atoms with Crippen LogP contribution in [0.15, 0.2) is 6.07 Å². The van der Waals surface area contributed by atoms with Crippen molar-refractivity contribution in [3.8, 4) is 5.88 Å². The van der Waals surface area contributed by atoms with Crippen molar-refractivity contribution < 1.29 is 14.3 Å². The van der Waals surface area contributed by atoms with Gasteiger partial charge in [0.15, 0.2) is 5.15 Å². The lowest BCUT2D eigenvalue weighted by Gasteiger charge is -2.07. The minimum absolute atomic E-state index is 0.124. The monoisotopic (exact) mass is 230 g/mol. The Bertz CT molecular complexity index is 357. The molecule has 0 aliphatic heterocycles. The molecule has 82 valence electrons. The first kappa shape index (κ1) is 11.7. The van der Waals surface area contributed by atoms with Crippen LogP contribution in [0.4, 0.5) is 0 Å². The number of nitrogens with zero attached hydrogens (tertiary/aromatic N) is 2. The van der Waals surface area contributed by atoms with Crippen molar-refractivity contribution in [1.82, 2.24) is 10.2 Å². The van der Waals surface area contributed by atoms with Crippen LogP contribution in [-0.2, 0) is 4.74 Å². The predicted octanol–water partition coefficient (Wildman–Crippen LogP) is 1.71. The van der Waals surface area contributed by atoms with E-state index in [0.717, 1.165) is 6.42 Å². The molecule has 0 bridgehead atoms. The molecule has 0 amide bonds. The highest BCUT2D eigenvalue weighted by atomic mass is 35.5. The number of ether oxygens (including phenoxy) is 2. The molecule has 1 aromatic heterocycles. The highest BCUT2D eigenvalue weighted by Crippen LogP contribution is 2.18. The first-order chi connectivity index (χ1) is 7.19. The zero-order chi connectivity index (χ0) is 11.3. The van der Waals surface area contributed by atoms with E-state index < -0.39 is 5.97 Å². The average Bonchev–Trinajstić information content (AvgIpc) is 2.26. The maximum absolute atomic E-state index is 11.3. The molecule has 0 aromatic carbocycles. The van der Waals surface area contributed by atoms with Crippen LogP contribution in [0.5, 0.6) is 5.88 Å². The molecule has 0 atom stereocenters. The zero-order valence-corrected chi connectivity index (χ0v) is 9.24. The van der Waals surface area contributed by atoms with Gasteiger partial charge < -0.3 is 9.47 Å². The van der Waals surface area contributed by atoms with Gasteiger partial charge in [0.05, 0.1) is 13.7 Å². The van der Waals surface area contributed by atoms with E-state index in [1.807, 2.05) is 6.92 Å². The number of methoxy groups -OCH3 is 1. The molecule has 1 aromatic rings. The van der Waals surface area contributed by atoms with Crippen LogP contribution in [-0.4, -0.2) is 29.9 Å². The minimum atomic E-state index is -0.544. The summed E-state index contributed by atoms with van der Waals surface area (Å²) in [5, 5.41) is 7.40. The van der Waals surface area contributed by atoms with Crippen molar-refractivity contribution in [2.24, 2.45) is 0 Å². The van der Waals surface area contributed by atoms with Crippen molar-refractivity contribution in [2.75, 3.05) is 13.7 Å². The van der Waals surface area contributed by atoms with Crippen LogP contribution in [0.2, 0.25) is 5.15 Å². The number of rotatable bonds is 4. The van der Waals surface area contributed by atoms with Gasteiger partial charge in [-0.3, -0.25) is 0 Å². The molecule has 0 saturated heterocycles.